The Bertz CT molecular complexity index is 433. The van der Waals surface area contributed by atoms with Gasteiger partial charge in [0.15, 0.2) is 0 Å². The van der Waals surface area contributed by atoms with Gasteiger partial charge in [0.1, 0.15) is 5.82 Å². The first kappa shape index (κ1) is 12.1. The van der Waals surface area contributed by atoms with Crippen LogP contribution in [0.15, 0.2) is 18.2 Å². The topological polar surface area (TPSA) is 29.3 Å². The van der Waals surface area contributed by atoms with E-state index >= 15 is 0 Å². The predicted molar refractivity (Wildman–Crippen MR) is 70.4 cm³/mol. The van der Waals surface area contributed by atoms with Gasteiger partial charge in [-0.2, -0.15) is 0 Å². The first-order chi connectivity index (χ1) is 8.78. The van der Waals surface area contributed by atoms with Crippen LogP contribution < -0.4 is 5.73 Å². The van der Waals surface area contributed by atoms with Crippen LogP contribution in [-0.2, 0) is 13.1 Å². The summed E-state index contributed by atoms with van der Waals surface area (Å²) in [4.78, 5) is 2.53. The molecule has 1 heterocycles. The SMILES string of the molecule is NCc1c(F)cccc1CN1CC2CCCC1C2. The second-order valence-electron chi connectivity index (χ2n) is 5.70. The number of fused-ring (bicyclic) bond motifs is 2. The fraction of sp³-hybridized carbons (Fsp3) is 0.600. The first-order valence-electron chi connectivity index (χ1n) is 6.98. The first-order valence-corrected chi connectivity index (χ1v) is 6.98. The standard InChI is InChI=1S/C15H21FN2/c16-15-6-2-4-12(14(15)8-17)10-18-9-11-3-1-5-13(18)7-11/h2,4,6,11,13H,1,3,5,7-10,17H2. The number of halogens is 1. The third-order valence-corrected chi connectivity index (χ3v) is 4.56. The molecule has 2 aliphatic rings. The van der Waals surface area contributed by atoms with Crippen LogP contribution in [0, 0.1) is 11.7 Å². The highest BCUT2D eigenvalue weighted by molar-refractivity contribution is 5.28. The van der Waals surface area contributed by atoms with Crippen molar-refractivity contribution in [3.63, 3.8) is 0 Å². The molecule has 2 bridgehead atoms. The van der Waals surface area contributed by atoms with Crippen molar-refractivity contribution >= 4 is 0 Å². The minimum absolute atomic E-state index is 0.155. The molecule has 3 rings (SSSR count). The summed E-state index contributed by atoms with van der Waals surface area (Å²) in [6, 6.07) is 6.05. The normalized spacial score (nSPS) is 27.7. The fourth-order valence-electron chi connectivity index (χ4n) is 3.63. The van der Waals surface area contributed by atoms with E-state index in [1.165, 1.54) is 38.3 Å². The maximum atomic E-state index is 13.7. The smallest absolute Gasteiger partial charge is 0.128 e. The zero-order chi connectivity index (χ0) is 12.5. The Balaban J connectivity index is 1.78. The molecule has 18 heavy (non-hydrogen) atoms. The van der Waals surface area contributed by atoms with Crippen LogP contribution >= 0.6 is 0 Å². The zero-order valence-corrected chi connectivity index (χ0v) is 10.7. The fourth-order valence-corrected chi connectivity index (χ4v) is 3.63. The van der Waals surface area contributed by atoms with Crippen molar-refractivity contribution in [1.82, 2.24) is 4.90 Å². The van der Waals surface area contributed by atoms with E-state index in [0.29, 0.717) is 12.1 Å². The van der Waals surface area contributed by atoms with Crippen molar-refractivity contribution in [3.8, 4) is 0 Å². The maximum absolute atomic E-state index is 13.7. The van der Waals surface area contributed by atoms with Crippen LogP contribution in [0.5, 0.6) is 0 Å². The molecule has 1 aliphatic carbocycles. The molecule has 1 saturated carbocycles. The van der Waals surface area contributed by atoms with Gasteiger partial charge in [0.05, 0.1) is 0 Å². The Labute approximate surface area is 108 Å². The Morgan fingerprint density at radius 3 is 3.00 bits per heavy atom. The van der Waals surface area contributed by atoms with Crippen LogP contribution in [0.25, 0.3) is 0 Å². The van der Waals surface area contributed by atoms with Gasteiger partial charge in [-0.3, -0.25) is 4.90 Å². The average molecular weight is 248 g/mol. The Morgan fingerprint density at radius 1 is 1.33 bits per heavy atom. The van der Waals surface area contributed by atoms with Crippen molar-refractivity contribution in [1.29, 1.82) is 0 Å². The van der Waals surface area contributed by atoms with Crippen LogP contribution in [0.2, 0.25) is 0 Å². The molecule has 1 saturated heterocycles. The largest absolute Gasteiger partial charge is 0.326 e. The molecule has 2 fully saturated rings. The Kier molecular flexibility index (Phi) is 3.35. The third kappa shape index (κ3) is 2.17. The van der Waals surface area contributed by atoms with E-state index in [1.54, 1.807) is 6.07 Å². The summed E-state index contributed by atoms with van der Waals surface area (Å²) in [5, 5.41) is 0. The molecule has 2 unspecified atom stereocenters. The van der Waals surface area contributed by atoms with E-state index in [2.05, 4.69) is 4.90 Å². The van der Waals surface area contributed by atoms with Crippen LogP contribution in [0.1, 0.15) is 36.8 Å². The second kappa shape index (κ2) is 4.98. The Morgan fingerprint density at radius 2 is 2.22 bits per heavy atom. The zero-order valence-electron chi connectivity index (χ0n) is 10.7. The van der Waals surface area contributed by atoms with Gasteiger partial charge in [-0.1, -0.05) is 18.6 Å². The van der Waals surface area contributed by atoms with Gasteiger partial charge in [0.2, 0.25) is 0 Å². The van der Waals surface area contributed by atoms with Gasteiger partial charge in [-0.15, -0.1) is 0 Å². The van der Waals surface area contributed by atoms with E-state index in [0.717, 1.165) is 24.1 Å². The summed E-state index contributed by atoms with van der Waals surface area (Å²) < 4.78 is 13.7. The summed E-state index contributed by atoms with van der Waals surface area (Å²) in [5.74, 6) is 0.718. The van der Waals surface area contributed by atoms with Crippen LogP contribution in [0.4, 0.5) is 4.39 Å². The lowest BCUT2D eigenvalue weighted by atomic mass is 9.90. The molecule has 1 aromatic rings. The number of hydrogen-bond donors (Lipinski definition) is 1. The van der Waals surface area contributed by atoms with Crippen molar-refractivity contribution in [3.05, 3.63) is 35.1 Å². The van der Waals surface area contributed by atoms with Gasteiger partial charge in [-0.05, 0) is 36.8 Å². The van der Waals surface area contributed by atoms with E-state index in [9.17, 15) is 4.39 Å². The maximum Gasteiger partial charge on any atom is 0.128 e. The number of likely N-dealkylation sites (tertiary alicyclic amines) is 1. The molecule has 0 radical (unpaired) electrons. The van der Waals surface area contributed by atoms with E-state index < -0.39 is 0 Å². The quantitative estimate of drug-likeness (QED) is 0.891. The van der Waals surface area contributed by atoms with Crippen molar-refractivity contribution in [2.45, 2.75) is 44.8 Å². The van der Waals surface area contributed by atoms with Gasteiger partial charge >= 0.3 is 0 Å². The Hall–Kier alpha value is -0.930. The lowest BCUT2D eigenvalue weighted by molar-refractivity contribution is 0.236. The highest BCUT2D eigenvalue weighted by Gasteiger charge is 2.34. The van der Waals surface area contributed by atoms with E-state index in [1.807, 2.05) is 6.07 Å². The summed E-state index contributed by atoms with van der Waals surface area (Å²) in [5.41, 5.74) is 7.44. The molecular formula is C15H21FN2. The molecule has 3 heteroatoms. The van der Waals surface area contributed by atoms with Crippen molar-refractivity contribution < 1.29 is 4.39 Å². The van der Waals surface area contributed by atoms with Crippen molar-refractivity contribution in [2.24, 2.45) is 11.7 Å². The summed E-state index contributed by atoms with van der Waals surface area (Å²) in [6.07, 6.45) is 5.38. The lowest BCUT2D eigenvalue weighted by Gasteiger charge is -2.25. The molecule has 2 N–H and O–H groups in total. The molecule has 0 amide bonds. The van der Waals surface area contributed by atoms with Gasteiger partial charge in [0, 0.05) is 31.2 Å². The van der Waals surface area contributed by atoms with Crippen LogP contribution in [0.3, 0.4) is 0 Å². The molecule has 98 valence electrons. The van der Waals surface area contributed by atoms with Crippen molar-refractivity contribution in [2.75, 3.05) is 6.54 Å². The molecule has 0 spiro atoms. The van der Waals surface area contributed by atoms with E-state index in [-0.39, 0.29) is 5.82 Å². The minimum atomic E-state index is -0.155. The summed E-state index contributed by atoms with van der Waals surface area (Å²) >= 11 is 0. The third-order valence-electron chi connectivity index (χ3n) is 4.56. The monoisotopic (exact) mass is 248 g/mol. The molecule has 2 nitrogen and oxygen atoms in total. The number of rotatable bonds is 3. The average Bonchev–Trinajstić information content (AvgIpc) is 2.64. The van der Waals surface area contributed by atoms with Gasteiger partial charge < -0.3 is 5.73 Å². The number of hydrogen-bond acceptors (Lipinski definition) is 2. The minimum Gasteiger partial charge on any atom is -0.326 e. The van der Waals surface area contributed by atoms with Gasteiger partial charge in [-0.25, -0.2) is 4.39 Å². The molecule has 1 aromatic carbocycles. The molecule has 0 aromatic heterocycles. The number of nitrogens with zero attached hydrogens (tertiary/aromatic N) is 1. The number of nitrogens with two attached hydrogens (primary N) is 1. The molecular weight excluding hydrogens is 227 g/mol. The summed E-state index contributed by atoms with van der Waals surface area (Å²) in [6.45, 7) is 2.35. The molecule has 1 aliphatic heterocycles. The second-order valence-corrected chi connectivity index (χ2v) is 5.70. The predicted octanol–water partition coefficient (Wildman–Crippen LogP) is 2.66. The van der Waals surface area contributed by atoms with Crippen LogP contribution in [-0.4, -0.2) is 17.5 Å². The summed E-state index contributed by atoms with van der Waals surface area (Å²) in [7, 11) is 0. The van der Waals surface area contributed by atoms with E-state index in [4.69, 9.17) is 5.73 Å². The number of benzene rings is 1. The molecule has 2 atom stereocenters. The highest BCUT2D eigenvalue weighted by atomic mass is 19.1. The van der Waals surface area contributed by atoms with Gasteiger partial charge in [0.25, 0.3) is 0 Å². The lowest BCUT2D eigenvalue weighted by Crippen LogP contribution is -2.29. The highest BCUT2D eigenvalue weighted by Crippen LogP contribution is 2.36.